The van der Waals surface area contributed by atoms with Crippen LogP contribution in [0.5, 0.6) is 0 Å². The number of unbranched alkanes of at least 4 members (excludes halogenated alkanes) is 1. The standard InChI is InChI=1S/C12H25NO3/c1-4-6-8-16-9-7-13(5-2)11(3)10-12(14)15/h11H,4-10H2,1-3H3,(H,14,15). The van der Waals surface area contributed by atoms with E-state index in [0.717, 1.165) is 32.5 Å². The lowest BCUT2D eigenvalue weighted by Crippen LogP contribution is -2.37. The molecule has 0 heterocycles. The fourth-order valence-electron chi connectivity index (χ4n) is 1.60. The molecule has 16 heavy (non-hydrogen) atoms. The summed E-state index contributed by atoms with van der Waals surface area (Å²) in [6, 6.07) is 0.0808. The molecule has 0 saturated heterocycles. The lowest BCUT2D eigenvalue weighted by atomic mass is 10.2. The van der Waals surface area contributed by atoms with Gasteiger partial charge in [0.2, 0.25) is 0 Å². The molecule has 1 N–H and O–H groups in total. The number of carboxylic acids is 1. The Kier molecular flexibility index (Phi) is 9.24. The summed E-state index contributed by atoms with van der Waals surface area (Å²) in [4.78, 5) is 12.7. The Labute approximate surface area is 98.6 Å². The van der Waals surface area contributed by atoms with Gasteiger partial charge < -0.3 is 9.84 Å². The Morgan fingerprint density at radius 2 is 2.06 bits per heavy atom. The summed E-state index contributed by atoms with van der Waals surface area (Å²) >= 11 is 0. The second-order valence-electron chi connectivity index (χ2n) is 4.04. The van der Waals surface area contributed by atoms with E-state index in [9.17, 15) is 4.79 Å². The van der Waals surface area contributed by atoms with Crippen molar-refractivity contribution in [1.29, 1.82) is 0 Å². The van der Waals surface area contributed by atoms with Gasteiger partial charge in [-0.2, -0.15) is 0 Å². The van der Waals surface area contributed by atoms with Gasteiger partial charge in [0.15, 0.2) is 0 Å². The van der Waals surface area contributed by atoms with Gasteiger partial charge in [-0.3, -0.25) is 9.69 Å². The summed E-state index contributed by atoms with van der Waals surface area (Å²) in [6.45, 7) is 9.31. The normalized spacial score (nSPS) is 13.0. The molecule has 0 amide bonds. The quantitative estimate of drug-likeness (QED) is 0.584. The van der Waals surface area contributed by atoms with Crippen molar-refractivity contribution in [2.75, 3.05) is 26.3 Å². The molecule has 0 aromatic rings. The largest absolute Gasteiger partial charge is 0.481 e. The van der Waals surface area contributed by atoms with Crippen LogP contribution in [-0.4, -0.2) is 48.3 Å². The summed E-state index contributed by atoms with van der Waals surface area (Å²) in [6.07, 6.45) is 2.44. The van der Waals surface area contributed by atoms with Crippen LogP contribution < -0.4 is 0 Å². The first-order valence-corrected chi connectivity index (χ1v) is 6.15. The molecule has 0 aliphatic carbocycles. The van der Waals surface area contributed by atoms with Crippen molar-refractivity contribution >= 4 is 5.97 Å². The second kappa shape index (κ2) is 9.60. The van der Waals surface area contributed by atoms with Crippen LogP contribution in [0.15, 0.2) is 0 Å². The monoisotopic (exact) mass is 231 g/mol. The summed E-state index contributed by atoms with van der Waals surface area (Å²) in [5.74, 6) is -0.738. The number of hydrogen-bond acceptors (Lipinski definition) is 3. The average Bonchev–Trinajstić information content (AvgIpc) is 2.22. The van der Waals surface area contributed by atoms with E-state index in [4.69, 9.17) is 9.84 Å². The molecule has 0 radical (unpaired) electrons. The smallest absolute Gasteiger partial charge is 0.304 e. The second-order valence-corrected chi connectivity index (χ2v) is 4.04. The van der Waals surface area contributed by atoms with E-state index in [1.807, 2.05) is 13.8 Å². The molecule has 0 aromatic carbocycles. The van der Waals surface area contributed by atoms with Gasteiger partial charge in [-0.15, -0.1) is 0 Å². The number of rotatable bonds is 10. The fraction of sp³-hybridized carbons (Fsp3) is 0.917. The third-order valence-corrected chi connectivity index (χ3v) is 2.66. The Bertz CT molecular complexity index is 185. The number of likely N-dealkylation sites (N-methyl/N-ethyl adjacent to an activating group) is 1. The van der Waals surface area contributed by atoms with E-state index >= 15 is 0 Å². The van der Waals surface area contributed by atoms with E-state index < -0.39 is 5.97 Å². The highest BCUT2D eigenvalue weighted by molar-refractivity contribution is 5.67. The van der Waals surface area contributed by atoms with Crippen molar-refractivity contribution < 1.29 is 14.6 Å². The van der Waals surface area contributed by atoms with E-state index in [1.165, 1.54) is 0 Å². The van der Waals surface area contributed by atoms with E-state index in [1.54, 1.807) is 0 Å². The van der Waals surface area contributed by atoms with E-state index in [0.29, 0.717) is 6.61 Å². The number of carbonyl (C=O) groups is 1. The highest BCUT2D eigenvalue weighted by atomic mass is 16.5. The molecule has 0 rings (SSSR count). The van der Waals surface area contributed by atoms with Crippen LogP contribution in [0, 0.1) is 0 Å². The minimum absolute atomic E-state index is 0.0808. The molecule has 0 aromatic heterocycles. The molecule has 96 valence electrons. The summed E-state index contributed by atoms with van der Waals surface area (Å²) < 4.78 is 5.47. The Balaban J connectivity index is 3.69. The maximum Gasteiger partial charge on any atom is 0.304 e. The first kappa shape index (κ1) is 15.4. The maximum absolute atomic E-state index is 10.6. The van der Waals surface area contributed by atoms with Crippen LogP contribution in [0.3, 0.4) is 0 Å². The number of aliphatic carboxylic acids is 1. The minimum Gasteiger partial charge on any atom is -0.481 e. The summed E-state index contributed by atoms with van der Waals surface area (Å²) in [7, 11) is 0. The topological polar surface area (TPSA) is 49.8 Å². The lowest BCUT2D eigenvalue weighted by molar-refractivity contribution is -0.138. The Morgan fingerprint density at radius 3 is 2.56 bits per heavy atom. The van der Waals surface area contributed by atoms with Gasteiger partial charge in [-0.1, -0.05) is 20.3 Å². The van der Waals surface area contributed by atoms with Crippen molar-refractivity contribution in [3.63, 3.8) is 0 Å². The van der Waals surface area contributed by atoms with Gasteiger partial charge in [-0.05, 0) is 19.9 Å². The van der Waals surface area contributed by atoms with Crippen molar-refractivity contribution in [1.82, 2.24) is 4.90 Å². The van der Waals surface area contributed by atoms with Crippen LogP contribution in [0.4, 0.5) is 0 Å². The number of ether oxygens (including phenoxy) is 1. The number of carboxylic acid groups (broad SMARTS) is 1. The van der Waals surface area contributed by atoms with Gasteiger partial charge in [0.25, 0.3) is 0 Å². The molecule has 4 heteroatoms. The molecule has 0 aliphatic heterocycles. The van der Waals surface area contributed by atoms with Gasteiger partial charge in [-0.25, -0.2) is 0 Å². The molecular weight excluding hydrogens is 206 g/mol. The SMILES string of the molecule is CCCCOCCN(CC)C(C)CC(=O)O. The molecule has 1 atom stereocenters. The minimum atomic E-state index is -0.738. The van der Waals surface area contributed by atoms with Crippen LogP contribution in [0.25, 0.3) is 0 Å². The van der Waals surface area contributed by atoms with Crippen molar-refractivity contribution in [3.05, 3.63) is 0 Å². The highest BCUT2D eigenvalue weighted by Gasteiger charge is 2.14. The molecule has 1 unspecified atom stereocenters. The molecule has 0 fully saturated rings. The predicted octanol–water partition coefficient (Wildman–Crippen LogP) is 1.99. The van der Waals surface area contributed by atoms with Gasteiger partial charge in [0.05, 0.1) is 13.0 Å². The van der Waals surface area contributed by atoms with Crippen LogP contribution >= 0.6 is 0 Å². The van der Waals surface area contributed by atoms with Crippen molar-refractivity contribution in [2.24, 2.45) is 0 Å². The molecular formula is C12H25NO3. The van der Waals surface area contributed by atoms with Crippen LogP contribution in [-0.2, 0) is 9.53 Å². The summed E-state index contributed by atoms with van der Waals surface area (Å²) in [5, 5.41) is 8.71. The molecule has 0 saturated carbocycles. The summed E-state index contributed by atoms with van der Waals surface area (Å²) in [5.41, 5.74) is 0. The Hall–Kier alpha value is -0.610. The fourth-order valence-corrected chi connectivity index (χ4v) is 1.60. The highest BCUT2D eigenvalue weighted by Crippen LogP contribution is 2.03. The molecule has 0 spiro atoms. The first-order valence-electron chi connectivity index (χ1n) is 6.15. The zero-order valence-corrected chi connectivity index (χ0v) is 10.7. The average molecular weight is 231 g/mol. The maximum atomic E-state index is 10.6. The van der Waals surface area contributed by atoms with E-state index in [2.05, 4.69) is 11.8 Å². The zero-order valence-electron chi connectivity index (χ0n) is 10.7. The van der Waals surface area contributed by atoms with E-state index in [-0.39, 0.29) is 12.5 Å². The number of hydrogen-bond donors (Lipinski definition) is 1. The zero-order chi connectivity index (χ0) is 12.4. The van der Waals surface area contributed by atoms with Gasteiger partial charge in [0.1, 0.15) is 0 Å². The van der Waals surface area contributed by atoms with Gasteiger partial charge in [0, 0.05) is 19.2 Å². The molecule has 0 bridgehead atoms. The van der Waals surface area contributed by atoms with Crippen molar-refractivity contribution in [2.45, 2.75) is 46.1 Å². The third-order valence-electron chi connectivity index (χ3n) is 2.66. The van der Waals surface area contributed by atoms with Crippen molar-refractivity contribution in [3.8, 4) is 0 Å². The lowest BCUT2D eigenvalue weighted by Gasteiger charge is -2.26. The van der Waals surface area contributed by atoms with Crippen LogP contribution in [0.2, 0.25) is 0 Å². The Morgan fingerprint density at radius 1 is 1.38 bits per heavy atom. The molecule has 4 nitrogen and oxygen atoms in total. The number of nitrogens with zero attached hydrogens (tertiary/aromatic N) is 1. The van der Waals surface area contributed by atoms with Gasteiger partial charge >= 0.3 is 5.97 Å². The van der Waals surface area contributed by atoms with Crippen LogP contribution in [0.1, 0.15) is 40.0 Å². The molecule has 0 aliphatic rings. The first-order chi connectivity index (χ1) is 7.61. The predicted molar refractivity (Wildman–Crippen MR) is 64.7 cm³/mol. The third kappa shape index (κ3) is 7.65.